The van der Waals surface area contributed by atoms with Gasteiger partial charge in [-0.15, -0.1) is 0 Å². The molecule has 1 nitrogen and oxygen atoms in total. The van der Waals surface area contributed by atoms with E-state index >= 15 is 0 Å². The average molecular weight is 812 g/mol. The fourth-order valence-electron chi connectivity index (χ4n) is 11.1. The van der Waals surface area contributed by atoms with Crippen LogP contribution in [0.4, 0.5) is 17.1 Å². The molecule has 12 aromatic rings. The van der Waals surface area contributed by atoms with Gasteiger partial charge in [-0.1, -0.05) is 206 Å². The predicted octanol–water partition coefficient (Wildman–Crippen LogP) is 17.0. The van der Waals surface area contributed by atoms with Crippen LogP contribution < -0.4 is 4.90 Å². The first-order valence-corrected chi connectivity index (χ1v) is 22.3. The summed E-state index contributed by atoms with van der Waals surface area (Å²) in [5.74, 6) is 0. The molecule has 0 unspecified atom stereocenters. The topological polar surface area (TPSA) is 3.24 Å². The summed E-state index contributed by atoms with van der Waals surface area (Å²) in [7, 11) is 0. The van der Waals surface area contributed by atoms with Gasteiger partial charge in [-0.25, -0.2) is 0 Å². The molecule has 0 heterocycles. The van der Waals surface area contributed by atoms with E-state index in [0.717, 1.165) is 17.1 Å². The van der Waals surface area contributed by atoms with Gasteiger partial charge in [-0.2, -0.15) is 0 Å². The fourth-order valence-corrected chi connectivity index (χ4v) is 11.1. The molecule has 0 fully saturated rings. The Morgan fingerprint density at radius 2 is 0.703 bits per heavy atom. The van der Waals surface area contributed by atoms with Crippen LogP contribution in [0.3, 0.4) is 0 Å². The van der Waals surface area contributed by atoms with E-state index in [1.54, 1.807) is 0 Å². The van der Waals surface area contributed by atoms with Gasteiger partial charge in [0.2, 0.25) is 0 Å². The van der Waals surface area contributed by atoms with Gasteiger partial charge in [0, 0.05) is 17.1 Å². The third kappa shape index (κ3) is 5.38. The molecule has 1 heteroatoms. The molecular formula is C63H41N. The molecule has 0 saturated heterocycles. The van der Waals surface area contributed by atoms with Crippen LogP contribution in [0.2, 0.25) is 0 Å². The Morgan fingerprint density at radius 3 is 1.36 bits per heavy atom. The van der Waals surface area contributed by atoms with Crippen molar-refractivity contribution in [2.75, 3.05) is 4.90 Å². The minimum Gasteiger partial charge on any atom is -0.310 e. The summed E-state index contributed by atoms with van der Waals surface area (Å²) in [6.07, 6.45) is 0. The molecule has 0 bridgehead atoms. The van der Waals surface area contributed by atoms with Crippen molar-refractivity contribution in [3.63, 3.8) is 0 Å². The van der Waals surface area contributed by atoms with Crippen molar-refractivity contribution < 1.29 is 0 Å². The van der Waals surface area contributed by atoms with Crippen molar-refractivity contribution in [1.82, 2.24) is 0 Å². The molecule has 0 N–H and O–H groups in total. The second kappa shape index (κ2) is 14.4. The average Bonchev–Trinajstić information content (AvgIpc) is 3.67. The third-order valence-corrected chi connectivity index (χ3v) is 13.9. The Kier molecular flexibility index (Phi) is 8.20. The normalized spacial score (nSPS) is 12.8. The lowest BCUT2D eigenvalue weighted by Crippen LogP contribution is -2.28. The van der Waals surface area contributed by atoms with Crippen LogP contribution >= 0.6 is 0 Å². The quantitative estimate of drug-likeness (QED) is 0.151. The van der Waals surface area contributed by atoms with E-state index in [1.165, 1.54) is 98.4 Å². The van der Waals surface area contributed by atoms with E-state index in [4.69, 9.17) is 0 Å². The van der Waals surface area contributed by atoms with Gasteiger partial charge in [-0.3, -0.25) is 0 Å². The molecule has 64 heavy (non-hydrogen) atoms. The van der Waals surface area contributed by atoms with Crippen LogP contribution in [0.5, 0.6) is 0 Å². The lowest BCUT2D eigenvalue weighted by Gasteiger charge is -2.35. The van der Waals surface area contributed by atoms with E-state index < -0.39 is 5.41 Å². The summed E-state index contributed by atoms with van der Waals surface area (Å²) in [5.41, 5.74) is 12.9. The molecule has 0 amide bonds. The highest BCUT2D eigenvalue weighted by molar-refractivity contribution is 6.26. The minimum absolute atomic E-state index is 0.518. The zero-order valence-corrected chi connectivity index (χ0v) is 35.1. The van der Waals surface area contributed by atoms with Crippen LogP contribution in [0, 0.1) is 0 Å². The van der Waals surface area contributed by atoms with Crippen molar-refractivity contribution in [2.45, 2.75) is 5.41 Å². The maximum atomic E-state index is 2.47. The molecule has 298 valence electrons. The highest BCUT2D eigenvalue weighted by Crippen LogP contribution is 2.57. The monoisotopic (exact) mass is 811 g/mol. The van der Waals surface area contributed by atoms with Gasteiger partial charge >= 0.3 is 0 Å². The van der Waals surface area contributed by atoms with Crippen molar-refractivity contribution in [2.24, 2.45) is 0 Å². The van der Waals surface area contributed by atoms with Crippen LogP contribution in [-0.4, -0.2) is 0 Å². The minimum atomic E-state index is -0.518. The van der Waals surface area contributed by atoms with E-state index in [0.29, 0.717) is 0 Å². The van der Waals surface area contributed by atoms with Crippen molar-refractivity contribution >= 4 is 70.9 Å². The smallest absolute Gasteiger partial charge is 0.0714 e. The maximum Gasteiger partial charge on any atom is 0.0714 e. The summed E-state index contributed by atoms with van der Waals surface area (Å²) in [6.45, 7) is 0. The summed E-state index contributed by atoms with van der Waals surface area (Å²) in [6, 6.07) is 92.3. The summed E-state index contributed by atoms with van der Waals surface area (Å²) in [4.78, 5) is 2.47. The molecule has 1 aliphatic carbocycles. The SMILES string of the molecule is c1ccc(C2(c3ccccc3)c3ccccc3-c3ccc(N(c4ccc(-c5cc6ccccc6c6ccccc56)cc4)c4ccc5c6ccccc6c6ccccc6c5c4)cc32)cc1. The number of anilines is 3. The lowest BCUT2D eigenvalue weighted by molar-refractivity contribution is 0.768. The standard InChI is InChI=1S/C63H41N/c1-3-18-44(19-4-1)63(45-20-5-2-6-21-45)61-30-16-15-29-57(61)58-38-36-48(41-62(58)63)64(47-35-37-56-53-26-11-10-24-51(53)52-25-12-14-28-55(52)60(56)40-47)46-33-31-42(32-34-46)59-39-43-17-7-8-22-49(43)50-23-9-13-27-54(50)59/h1-41H. The molecule has 13 rings (SSSR count). The van der Waals surface area contributed by atoms with Gasteiger partial charge in [-0.05, 0) is 141 Å². The molecule has 0 spiro atoms. The number of rotatable bonds is 6. The maximum absolute atomic E-state index is 2.47. The van der Waals surface area contributed by atoms with E-state index in [2.05, 4.69) is 254 Å². The Bertz CT molecular complexity index is 3700. The van der Waals surface area contributed by atoms with Gasteiger partial charge in [0.15, 0.2) is 0 Å². The molecular weight excluding hydrogens is 771 g/mol. The second-order valence-corrected chi connectivity index (χ2v) is 17.2. The van der Waals surface area contributed by atoms with Crippen LogP contribution in [-0.2, 0) is 5.41 Å². The fraction of sp³-hybridized carbons (Fsp3) is 0.0159. The third-order valence-electron chi connectivity index (χ3n) is 13.9. The van der Waals surface area contributed by atoms with Crippen LogP contribution in [0.1, 0.15) is 22.3 Å². The largest absolute Gasteiger partial charge is 0.310 e. The first-order chi connectivity index (χ1) is 31.8. The lowest BCUT2D eigenvalue weighted by atomic mass is 9.67. The predicted molar refractivity (Wildman–Crippen MR) is 271 cm³/mol. The van der Waals surface area contributed by atoms with Crippen LogP contribution in [0.15, 0.2) is 249 Å². The number of hydrogen-bond donors (Lipinski definition) is 0. The Morgan fingerprint density at radius 1 is 0.250 bits per heavy atom. The molecule has 0 atom stereocenters. The van der Waals surface area contributed by atoms with Crippen molar-refractivity contribution in [3.8, 4) is 22.3 Å². The summed E-state index contributed by atoms with van der Waals surface area (Å²) < 4.78 is 0. The van der Waals surface area contributed by atoms with E-state index in [1.807, 2.05) is 0 Å². The number of fused-ring (bicyclic) bond motifs is 12. The zero-order valence-electron chi connectivity index (χ0n) is 35.1. The Labute approximate surface area is 372 Å². The first-order valence-electron chi connectivity index (χ1n) is 22.3. The molecule has 0 aromatic heterocycles. The number of benzene rings is 12. The number of hydrogen-bond acceptors (Lipinski definition) is 1. The van der Waals surface area contributed by atoms with Crippen molar-refractivity contribution in [3.05, 3.63) is 271 Å². The molecule has 0 aliphatic heterocycles. The Balaban J connectivity index is 1.06. The summed E-state index contributed by atoms with van der Waals surface area (Å²) in [5, 5.41) is 12.6. The molecule has 12 aromatic carbocycles. The van der Waals surface area contributed by atoms with Crippen molar-refractivity contribution in [1.29, 1.82) is 0 Å². The van der Waals surface area contributed by atoms with E-state index in [9.17, 15) is 0 Å². The van der Waals surface area contributed by atoms with Gasteiger partial charge < -0.3 is 4.90 Å². The Hall–Kier alpha value is -8.26. The first kappa shape index (κ1) is 36.4. The van der Waals surface area contributed by atoms with Gasteiger partial charge in [0.25, 0.3) is 0 Å². The highest BCUT2D eigenvalue weighted by Gasteiger charge is 2.46. The highest BCUT2D eigenvalue weighted by atomic mass is 15.1. The molecule has 0 radical (unpaired) electrons. The van der Waals surface area contributed by atoms with E-state index in [-0.39, 0.29) is 0 Å². The zero-order chi connectivity index (χ0) is 42.2. The van der Waals surface area contributed by atoms with Crippen LogP contribution in [0.25, 0.3) is 76.1 Å². The molecule has 0 saturated carbocycles. The van der Waals surface area contributed by atoms with Gasteiger partial charge in [0.1, 0.15) is 0 Å². The number of nitrogens with zero attached hydrogens (tertiary/aromatic N) is 1. The molecule has 1 aliphatic rings. The van der Waals surface area contributed by atoms with Gasteiger partial charge in [0.05, 0.1) is 5.41 Å². The second-order valence-electron chi connectivity index (χ2n) is 17.2. The summed E-state index contributed by atoms with van der Waals surface area (Å²) >= 11 is 0.